The van der Waals surface area contributed by atoms with Gasteiger partial charge in [-0.1, -0.05) is 6.92 Å². The lowest BCUT2D eigenvalue weighted by molar-refractivity contribution is -0.141. The maximum absolute atomic E-state index is 12.9. The molecule has 0 radical (unpaired) electrons. The molecule has 0 fully saturated rings. The number of nitrogens with one attached hydrogen (secondary N) is 2. The van der Waals surface area contributed by atoms with Gasteiger partial charge in [-0.3, -0.25) is 4.79 Å². The van der Waals surface area contributed by atoms with Crippen LogP contribution < -0.4 is 15.5 Å². The summed E-state index contributed by atoms with van der Waals surface area (Å²) < 4.78 is 38.7. The summed E-state index contributed by atoms with van der Waals surface area (Å²) in [6, 6.07) is 0.0729. The Morgan fingerprint density at radius 1 is 1.30 bits per heavy atom. The lowest BCUT2D eigenvalue weighted by Crippen LogP contribution is -2.42. The highest BCUT2D eigenvalue weighted by Crippen LogP contribution is 2.30. The van der Waals surface area contributed by atoms with Gasteiger partial charge in [0.25, 0.3) is 0 Å². The van der Waals surface area contributed by atoms with E-state index in [9.17, 15) is 18.0 Å². The number of amides is 1. The average molecular weight is 333 g/mol. The summed E-state index contributed by atoms with van der Waals surface area (Å²) in [5.74, 6) is -0.466. The van der Waals surface area contributed by atoms with Crippen LogP contribution >= 0.6 is 0 Å². The molecule has 23 heavy (non-hydrogen) atoms. The molecule has 2 unspecified atom stereocenters. The molecule has 0 aliphatic carbocycles. The smallest absolute Gasteiger partial charge is 0.363 e. The molecule has 2 atom stereocenters. The van der Waals surface area contributed by atoms with Crippen LogP contribution in [0.15, 0.2) is 6.07 Å². The number of hydrogen-bond acceptors (Lipinski definition) is 5. The molecule has 9 heteroatoms. The Morgan fingerprint density at radius 3 is 2.39 bits per heavy atom. The van der Waals surface area contributed by atoms with Crippen LogP contribution in [-0.4, -0.2) is 42.1 Å². The molecule has 1 heterocycles. The number of carbonyl (C=O) groups excluding carboxylic acids is 1. The first-order chi connectivity index (χ1) is 10.5. The molecule has 6 nitrogen and oxygen atoms in total. The normalized spacial score (nSPS) is 14.1. The van der Waals surface area contributed by atoms with E-state index in [0.29, 0.717) is 0 Å². The Hall–Kier alpha value is -2.06. The van der Waals surface area contributed by atoms with Gasteiger partial charge in [0.05, 0.1) is 0 Å². The molecule has 1 aromatic rings. The number of halogens is 3. The van der Waals surface area contributed by atoms with Gasteiger partial charge in [-0.25, -0.2) is 4.98 Å². The fourth-order valence-electron chi connectivity index (χ4n) is 1.60. The zero-order valence-electron chi connectivity index (χ0n) is 13.8. The highest BCUT2D eigenvalue weighted by molar-refractivity contribution is 5.83. The van der Waals surface area contributed by atoms with Crippen molar-refractivity contribution in [2.24, 2.45) is 0 Å². The molecular formula is C14H22F3N5O. The molecule has 0 aromatic carbocycles. The highest BCUT2D eigenvalue weighted by atomic mass is 19.4. The van der Waals surface area contributed by atoms with Crippen molar-refractivity contribution in [1.29, 1.82) is 0 Å². The number of rotatable bonds is 6. The summed E-state index contributed by atoms with van der Waals surface area (Å²) in [4.78, 5) is 20.8. The average Bonchev–Trinajstić information content (AvgIpc) is 2.45. The lowest BCUT2D eigenvalue weighted by Gasteiger charge is -2.19. The third kappa shape index (κ3) is 5.57. The van der Waals surface area contributed by atoms with E-state index in [1.165, 1.54) is 11.8 Å². The monoisotopic (exact) mass is 333 g/mol. The Balaban J connectivity index is 2.99. The number of aromatic nitrogens is 2. The summed E-state index contributed by atoms with van der Waals surface area (Å²) >= 11 is 0. The Bertz CT molecular complexity index is 548. The van der Waals surface area contributed by atoms with Gasteiger partial charge in [-0.15, -0.1) is 0 Å². The van der Waals surface area contributed by atoms with Crippen molar-refractivity contribution >= 4 is 17.7 Å². The molecule has 1 rings (SSSR count). The Labute approximate surface area is 133 Å². The van der Waals surface area contributed by atoms with E-state index < -0.39 is 17.9 Å². The lowest BCUT2D eigenvalue weighted by atomic mass is 10.2. The van der Waals surface area contributed by atoms with E-state index in [4.69, 9.17) is 0 Å². The van der Waals surface area contributed by atoms with Gasteiger partial charge in [0.1, 0.15) is 11.9 Å². The van der Waals surface area contributed by atoms with E-state index in [2.05, 4.69) is 20.6 Å². The van der Waals surface area contributed by atoms with E-state index in [0.717, 1.165) is 12.5 Å². The van der Waals surface area contributed by atoms with Crippen molar-refractivity contribution in [3.63, 3.8) is 0 Å². The van der Waals surface area contributed by atoms with Crippen molar-refractivity contribution in [3.8, 4) is 0 Å². The topological polar surface area (TPSA) is 70.2 Å². The summed E-state index contributed by atoms with van der Waals surface area (Å²) in [5, 5.41) is 5.36. The van der Waals surface area contributed by atoms with Gasteiger partial charge in [0.2, 0.25) is 11.9 Å². The van der Waals surface area contributed by atoms with Gasteiger partial charge in [-0.2, -0.15) is 18.2 Å². The van der Waals surface area contributed by atoms with Gasteiger partial charge in [0, 0.05) is 26.2 Å². The molecule has 0 spiro atoms. The fourth-order valence-corrected chi connectivity index (χ4v) is 1.60. The predicted octanol–water partition coefficient (Wildman–Crippen LogP) is 2.28. The molecule has 0 aliphatic rings. The van der Waals surface area contributed by atoms with Crippen LogP contribution in [0.5, 0.6) is 0 Å². The van der Waals surface area contributed by atoms with E-state index in [1.807, 2.05) is 13.8 Å². The first-order valence-corrected chi connectivity index (χ1v) is 7.25. The highest BCUT2D eigenvalue weighted by Gasteiger charge is 2.34. The van der Waals surface area contributed by atoms with Crippen LogP contribution in [0.25, 0.3) is 0 Å². The summed E-state index contributed by atoms with van der Waals surface area (Å²) in [7, 11) is 3.15. The van der Waals surface area contributed by atoms with Crippen molar-refractivity contribution in [1.82, 2.24) is 15.3 Å². The quantitative estimate of drug-likeness (QED) is 0.836. The third-order valence-corrected chi connectivity index (χ3v) is 3.20. The summed E-state index contributed by atoms with van der Waals surface area (Å²) in [5.41, 5.74) is -1.06. The van der Waals surface area contributed by atoms with Crippen LogP contribution in [0.4, 0.5) is 24.9 Å². The first kappa shape index (κ1) is 19.0. The second kappa shape index (κ2) is 7.47. The molecule has 0 saturated heterocycles. The summed E-state index contributed by atoms with van der Waals surface area (Å²) in [6.45, 7) is 5.30. The van der Waals surface area contributed by atoms with E-state index >= 15 is 0 Å². The minimum absolute atomic E-state index is 0.0217. The van der Waals surface area contributed by atoms with Gasteiger partial charge in [-0.05, 0) is 20.3 Å². The standard InChI is InChI=1S/C14H22F3N5O/c1-6-8(2)18-12(23)9(3)19-13-20-10(14(15,16)17)7-11(21-13)22(4)5/h7-9H,6H2,1-5H3,(H,18,23)(H,19,20,21). The minimum atomic E-state index is -4.59. The molecule has 2 N–H and O–H groups in total. The van der Waals surface area contributed by atoms with Crippen LogP contribution in [0.1, 0.15) is 32.9 Å². The van der Waals surface area contributed by atoms with Gasteiger partial charge >= 0.3 is 6.18 Å². The second-order valence-corrected chi connectivity index (χ2v) is 5.51. The number of anilines is 2. The largest absolute Gasteiger partial charge is 0.433 e. The zero-order chi connectivity index (χ0) is 17.8. The third-order valence-electron chi connectivity index (χ3n) is 3.20. The Kier molecular flexibility index (Phi) is 6.17. The second-order valence-electron chi connectivity index (χ2n) is 5.51. The molecule has 130 valence electrons. The maximum Gasteiger partial charge on any atom is 0.433 e. The summed E-state index contributed by atoms with van der Waals surface area (Å²) in [6.07, 6.45) is -3.84. The van der Waals surface area contributed by atoms with Crippen molar-refractivity contribution < 1.29 is 18.0 Å². The number of nitrogens with zero attached hydrogens (tertiary/aromatic N) is 3. The fraction of sp³-hybridized carbons (Fsp3) is 0.643. The molecule has 0 saturated carbocycles. The number of alkyl halides is 3. The van der Waals surface area contributed by atoms with Crippen LogP contribution in [0, 0.1) is 0 Å². The number of carbonyl (C=O) groups is 1. The van der Waals surface area contributed by atoms with Crippen LogP contribution in [0.3, 0.4) is 0 Å². The minimum Gasteiger partial charge on any atom is -0.363 e. The SMILES string of the molecule is CCC(C)NC(=O)C(C)Nc1nc(N(C)C)cc(C(F)(F)F)n1. The molecule has 1 aromatic heterocycles. The van der Waals surface area contributed by atoms with Crippen LogP contribution in [-0.2, 0) is 11.0 Å². The zero-order valence-corrected chi connectivity index (χ0v) is 13.8. The van der Waals surface area contributed by atoms with Crippen molar-refractivity contribution in [2.45, 2.75) is 45.5 Å². The van der Waals surface area contributed by atoms with Crippen molar-refractivity contribution in [2.75, 3.05) is 24.3 Å². The maximum atomic E-state index is 12.9. The van der Waals surface area contributed by atoms with Crippen molar-refractivity contribution in [3.05, 3.63) is 11.8 Å². The van der Waals surface area contributed by atoms with Gasteiger partial charge < -0.3 is 15.5 Å². The van der Waals surface area contributed by atoms with E-state index in [-0.39, 0.29) is 23.7 Å². The van der Waals surface area contributed by atoms with Crippen LogP contribution in [0.2, 0.25) is 0 Å². The molecular weight excluding hydrogens is 311 g/mol. The van der Waals surface area contributed by atoms with E-state index in [1.54, 1.807) is 14.1 Å². The molecule has 1 amide bonds. The molecule has 0 bridgehead atoms. The number of hydrogen-bond donors (Lipinski definition) is 2. The van der Waals surface area contributed by atoms with Gasteiger partial charge in [0.15, 0.2) is 5.69 Å². The Morgan fingerprint density at radius 2 is 1.91 bits per heavy atom. The predicted molar refractivity (Wildman–Crippen MR) is 82.3 cm³/mol. The first-order valence-electron chi connectivity index (χ1n) is 7.25. The molecule has 0 aliphatic heterocycles.